The molecule has 0 rings (SSSR count). The Morgan fingerprint density at radius 1 is 0.333 bits per heavy atom. The van der Waals surface area contributed by atoms with Gasteiger partial charge >= 0.3 is 0 Å². The summed E-state index contributed by atoms with van der Waals surface area (Å²) >= 11 is 0. The van der Waals surface area contributed by atoms with Crippen LogP contribution in [0.5, 0.6) is 0 Å². The maximum absolute atomic E-state index is 0. The molecular formula is AuF5-5. The average molecular weight is 292 g/mol. The van der Waals surface area contributed by atoms with Crippen LogP contribution in [0.2, 0.25) is 0 Å². The molecule has 1 radical (unpaired) electrons. The van der Waals surface area contributed by atoms with Crippen molar-refractivity contribution in [3.63, 3.8) is 0 Å². The largest absolute Gasteiger partial charge is 1.00 e. The van der Waals surface area contributed by atoms with E-state index in [-0.39, 0.29) is 45.9 Å². The summed E-state index contributed by atoms with van der Waals surface area (Å²) in [5.41, 5.74) is 0. The monoisotopic (exact) mass is 292 g/mol. The van der Waals surface area contributed by atoms with E-state index in [4.69, 9.17) is 0 Å². The van der Waals surface area contributed by atoms with Crippen molar-refractivity contribution in [3.8, 4) is 0 Å². The van der Waals surface area contributed by atoms with Gasteiger partial charge in [-0.05, 0) is 0 Å². The molecule has 0 spiro atoms. The Morgan fingerprint density at radius 3 is 0.333 bits per heavy atom. The van der Waals surface area contributed by atoms with E-state index >= 15 is 0 Å². The molecule has 0 aromatic heterocycles. The third-order valence-electron chi connectivity index (χ3n) is 0. The Labute approximate surface area is 46.6 Å². The van der Waals surface area contributed by atoms with Crippen molar-refractivity contribution in [1.82, 2.24) is 0 Å². The summed E-state index contributed by atoms with van der Waals surface area (Å²) in [6.07, 6.45) is 0. The minimum Gasteiger partial charge on any atom is -1.00 e. The van der Waals surface area contributed by atoms with E-state index in [1.165, 1.54) is 0 Å². The van der Waals surface area contributed by atoms with Crippen molar-refractivity contribution in [2.75, 3.05) is 0 Å². The van der Waals surface area contributed by atoms with Crippen LogP contribution in [0.1, 0.15) is 0 Å². The van der Waals surface area contributed by atoms with Crippen molar-refractivity contribution in [1.29, 1.82) is 0 Å². The third-order valence-corrected chi connectivity index (χ3v) is 0. The topological polar surface area (TPSA) is 0 Å². The molecule has 0 saturated heterocycles. The molecule has 0 nitrogen and oxygen atoms in total. The number of halogens is 5. The Hall–Kier alpha value is 0.390. The van der Waals surface area contributed by atoms with Gasteiger partial charge in [0.2, 0.25) is 0 Å². The van der Waals surface area contributed by atoms with Gasteiger partial charge in [0.05, 0.1) is 0 Å². The number of hydrogen-bond acceptors (Lipinski definition) is 0. The molecule has 0 amide bonds. The fourth-order valence-corrected chi connectivity index (χ4v) is 0. The summed E-state index contributed by atoms with van der Waals surface area (Å²) < 4.78 is 0. The molecular weight excluding hydrogens is 292 g/mol. The van der Waals surface area contributed by atoms with Crippen molar-refractivity contribution in [3.05, 3.63) is 0 Å². The summed E-state index contributed by atoms with van der Waals surface area (Å²) in [5.74, 6) is 0. The van der Waals surface area contributed by atoms with Crippen LogP contribution in [0.15, 0.2) is 0 Å². The van der Waals surface area contributed by atoms with E-state index in [1.807, 2.05) is 0 Å². The van der Waals surface area contributed by atoms with E-state index in [0.29, 0.717) is 0 Å². The zero-order valence-corrected chi connectivity index (χ0v) is 4.36. The second-order valence-corrected chi connectivity index (χ2v) is 0. The first-order valence-electron chi connectivity index (χ1n) is 0. The van der Waals surface area contributed by atoms with Gasteiger partial charge in [0.25, 0.3) is 0 Å². The fraction of sp³-hybridized carbons (Fsp3) is 0. The molecule has 51 valence electrons. The Balaban J connectivity index is 0. The maximum atomic E-state index is 0. The van der Waals surface area contributed by atoms with Crippen LogP contribution < -0.4 is 23.5 Å². The fourth-order valence-electron chi connectivity index (χ4n) is 0. The summed E-state index contributed by atoms with van der Waals surface area (Å²) in [7, 11) is 0. The molecule has 0 aromatic rings. The van der Waals surface area contributed by atoms with Crippen LogP contribution in [0.3, 0.4) is 0 Å². The average Bonchev–Trinajstić information content (AvgIpc) is 0. The summed E-state index contributed by atoms with van der Waals surface area (Å²) in [6, 6.07) is 0. The predicted octanol–water partition coefficient (Wildman–Crippen LogP) is -15.0. The minimum absolute atomic E-state index is 0. The van der Waals surface area contributed by atoms with Gasteiger partial charge in [-0.2, -0.15) is 0 Å². The van der Waals surface area contributed by atoms with E-state index < -0.39 is 0 Å². The van der Waals surface area contributed by atoms with Gasteiger partial charge in [0.15, 0.2) is 0 Å². The number of rotatable bonds is 0. The van der Waals surface area contributed by atoms with Crippen molar-refractivity contribution >= 4 is 0 Å². The van der Waals surface area contributed by atoms with Gasteiger partial charge in [-0.3, -0.25) is 0 Å². The molecule has 0 aliphatic carbocycles. The molecule has 0 fully saturated rings. The summed E-state index contributed by atoms with van der Waals surface area (Å²) in [5, 5.41) is 0. The summed E-state index contributed by atoms with van der Waals surface area (Å²) in [4.78, 5) is 0. The first kappa shape index (κ1) is 1220. The molecule has 0 unspecified atom stereocenters. The Bertz CT molecular complexity index is 3.90. The maximum Gasteiger partial charge on any atom is 0 e. The second kappa shape index (κ2) is 682. The van der Waals surface area contributed by atoms with Crippen molar-refractivity contribution in [2.24, 2.45) is 0 Å². The zero-order valence-electron chi connectivity index (χ0n) is 2.19. The van der Waals surface area contributed by atoms with Gasteiger partial charge in [-0.1, -0.05) is 0 Å². The zero-order chi connectivity index (χ0) is 0. The SMILES string of the molecule is [Au].[F-].[F-].[F-].[F-].[F-]. The Morgan fingerprint density at radius 2 is 0.333 bits per heavy atom. The van der Waals surface area contributed by atoms with Gasteiger partial charge in [0.1, 0.15) is 0 Å². The molecule has 0 saturated carbocycles. The molecule has 0 atom stereocenters. The summed E-state index contributed by atoms with van der Waals surface area (Å²) in [6.45, 7) is 0. The standard InChI is InChI=1S/Au.5FH/h;5*1H/p-5. The van der Waals surface area contributed by atoms with E-state index in [9.17, 15) is 0 Å². The van der Waals surface area contributed by atoms with Crippen LogP contribution in [0.4, 0.5) is 0 Å². The van der Waals surface area contributed by atoms with Crippen LogP contribution >= 0.6 is 0 Å². The van der Waals surface area contributed by atoms with Gasteiger partial charge in [-0.15, -0.1) is 0 Å². The molecule has 6 heavy (non-hydrogen) atoms. The smallest absolute Gasteiger partial charge is 0 e. The van der Waals surface area contributed by atoms with E-state index in [1.54, 1.807) is 0 Å². The first-order chi connectivity index (χ1) is 0. The van der Waals surface area contributed by atoms with Crippen LogP contribution in [-0.4, -0.2) is 0 Å². The van der Waals surface area contributed by atoms with Crippen LogP contribution in [0, 0.1) is 0 Å². The van der Waals surface area contributed by atoms with Gasteiger partial charge in [0, 0.05) is 22.4 Å². The van der Waals surface area contributed by atoms with Gasteiger partial charge in [-0.25, -0.2) is 0 Å². The quantitative estimate of drug-likeness (QED) is 0.307. The van der Waals surface area contributed by atoms with Gasteiger partial charge < -0.3 is 23.5 Å². The molecule has 0 bridgehead atoms. The molecule has 0 aromatic carbocycles. The van der Waals surface area contributed by atoms with E-state index in [2.05, 4.69) is 0 Å². The minimum atomic E-state index is 0. The molecule has 0 heterocycles. The molecule has 0 N–H and O–H groups in total. The van der Waals surface area contributed by atoms with Crippen molar-refractivity contribution in [2.45, 2.75) is 0 Å². The first-order valence-corrected chi connectivity index (χ1v) is 0. The van der Waals surface area contributed by atoms with Crippen LogP contribution in [0.25, 0.3) is 0 Å². The normalized spacial score (nSPS) is 0. The Kier molecular flexibility index (Phi) is 139000. The molecule has 0 aliphatic rings. The van der Waals surface area contributed by atoms with E-state index in [0.717, 1.165) is 0 Å². The third kappa shape index (κ3) is 331. The second-order valence-electron chi connectivity index (χ2n) is 0. The molecule has 0 aliphatic heterocycles. The number of hydrogen-bond donors (Lipinski definition) is 0. The van der Waals surface area contributed by atoms with Crippen LogP contribution in [-0.2, 0) is 22.4 Å². The molecule has 6 heteroatoms. The predicted molar refractivity (Wildman–Crippen MR) is 0 cm³/mol. The van der Waals surface area contributed by atoms with Crippen molar-refractivity contribution < 1.29 is 45.9 Å².